The number of hydroxylamine groups is 1. The summed E-state index contributed by atoms with van der Waals surface area (Å²) in [4.78, 5) is 34.1. The molecule has 1 heterocycles. The Morgan fingerprint density at radius 1 is 1.24 bits per heavy atom. The van der Waals surface area contributed by atoms with Gasteiger partial charge in [-0.1, -0.05) is 25.9 Å². The van der Waals surface area contributed by atoms with Gasteiger partial charge in [0.2, 0.25) is 6.10 Å². The number of aliphatic hydroxyl groups excluding tert-OH is 1. The molecule has 1 aromatic carbocycles. The van der Waals surface area contributed by atoms with Crippen molar-refractivity contribution in [3.05, 3.63) is 50.5 Å². The third-order valence-corrected chi connectivity index (χ3v) is 5.71. The first-order valence-electron chi connectivity index (χ1n) is 9.98. The molecule has 0 aliphatic carbocycles. The molecule has 1 unspecified atom stereocenters. The lowest BCUT2D eigenvalue weighted by Crippen LogP contribution is -2.37. The number of carbonyl (C=O) groups excluding carboxylic acids is 2. The van der Waals surface area contributed by atoms with Crippen molar-refractivity contribution < 1.29 is 37.5 Å². The summed E-state index contributed by atoms with van der Waals surface area (Å²) in [6.07, 6.45) is 1.15. The third kappa shape index (κ3) is 7.63. The Morgan fingerprint density at radius 2 is 1.97 bits per heavy atom. The molecule has 9 nitrogen and oxygen atoms in total. The van der Waals surface area contributed by atoms with Crippen molar-refractivity contribution in [3.8, 4) is 0 Å². The molecule has 0 aromatic heterocycles. The molecule has 186 valence electrons. The minimum atomic E-state index is -1.48. The zero-order valence-electron chi connectivity index (χ0n) is 18.5. The molecule has 4 N–H and O–H groups in total. The second kappa shape index (κ2) is 13.2. The second-order valence-electron chi connectivity index (χ2n) is 7.08. The molecule has 13 heteroatoms. The van der Waals surface area contributed by atoms with Gasteiger partial charge in [-0.15, -0.1) is 0 Å². The zero-order chi connectivity index (χ0) is 25.3. The SMILES string of the molecule is CC(C)NC(=O)C(C)O/N=C/c1cc(C(=O)NOCCO)c(NC2=C(F)C=IC=C2)c(F)c1F. The molecule has 0 saturated carbocycles. The number of aliphatic hydroxyl groups is 1. The Balaban J connectivity index is 2.37. The largest absolute Gasteiger partial charge is 0.394 e. The average Bonchev–Trinajstić information content (AvgIpc) is 2.79. The van der Waals surface area contributed by atoms with Crippen LogP contribution in [0.1, 0.15) is 36.7 Å². The van der Waals surface area contributed by atoms with Gasteiger partial charge in [-0.25, -0.2) is 18.7 Å². The first-order chi connectivity index (χ1) is 16.1. The maximum absolute atomic E-state index is 15.0. The van der Waals surface area contributed by atoms with Crippen LogP contribution in [-0.2, 0) is 14.5 Å². The molecular weight excluding hydrogens is 572 g/mol. The van der Waals surface area contributed by atoms with E-state index in [1.54, 1.807) is 17.9 Å². The van der Waals surface area contributed by atoms with Crippen LogP contribution in [0, 0.1) is 11.6 Å². The van der Waals surface area contributed by atoms with Gasteiger partial charge in [0.15, 0.2) is 17.5 Å². The molecule has 1 atom stereocenters. The Morgan fingerprint density at radius 3 is 2.62 bits per heavy atom. The molecule has 0 spiro atoms. The fourth-order valence-electron chi connectivity index (χ4n) is 2.45. The summed E-state index contributed by atoms with van der Waals surface area (Å²) in [6, 6.07) is 0.813. The van der Waals surface area contributed by atoms with Crippen molar-refractivity contribution >= 4 is 48.5 Å². The van der Waals surface area contributed by atoms with Crippen LogP contribution in [0.5, 0.6) is 0 Å². The quantitative estimate of drug-likeness (QED) is 0.135. The number of hydrogen-bond donors (Lipinski definition) is 4. The fraction of sp³-hybridized carbons (Fsp3) is 0.333. The zero-order valence-corrected chi connectivity index (χ0v) is 20.7. The van der Waals surface area contributed by atoms with Gasteiger partial charge >= 0.3 is 0 Å². The van der Waals surface area contributed by atoms with Crippen molar-refractivity contribution in [2.45, 2.75) is 32.9 Å². The minimum absolute atomic E-state index is 0.137. The van der Waals surface area contributed by atoms with E-state index in [0.717, 1.165) is 12.3 Å². The number of nitrogens with one attached hydrogen (secondary N) is 3. The summed E-state index contributed by atoms with van der Waals surface area (Å²) < 4.78 is 46.9. The molecule has 2 amide bonds. The van der Waals surface area contributed by atoms with E-state index in [9.17, 15) is 22.8 Å². The smallest absolute Gasteiger partial charge is 0.277 e. The van der Waals surface area contributed by atoms with E-state index in [0.29, 0.717) is 0 Å². The van der Waals surface area contributed by atoms with Crippen LogP contribution < -0.4 is 16.1 Å². The number of amides is 2. The van der Waals surface area contributed by atoms with Crippen LogP contribution in [-0.4, -0.2) is 52.5 Å². The molecule has 1 aliphatic rings. The van der Waals surface area contributed by atoms with E-state index in [-0.39, 0.29) is 18.3 Å². The van der Waals surface area contributed by atoms with Crippen molar-refractivity contribution in [2.24, 2.45) is 5.16 Å². The summed E-state index contributed by atoms with van der Waals surface area (Å²) in [7, 11) is 0. The van der Waals surface area contributed by atoms with Gasteiger partial charge < -0.3 is 20.6 Å². The van der Waals surface area contributed by atoms with Crippen molar-refractivity contribution in [1.82, 2.24) is 10.8 Å². The Labute approximate surface area is 203 Å². The summed E-state index contributed by atoms with van der Waals surface area (Å²) in [5.74, 6) is -4.98. The Hall–Kier alpha value is -2.78. The molecule has 2 rings (SSSR count). The number of nitrogens with zero attached hydrogens (tertiary/aromatic N) is 1. The number of benzene rings is 1. The standard InChI is InChI=1S/C21H24F3IN4O5/c1-11(2)27-20(31)12(3)34-26-10-13-8-14(21(32)29-33-7-6-30)19(18(24)17(13)23)28-16-4-5-25-9-15(16)22/h4-5,8-12,28,30H,6-7H2,1-3H3,(H,27,31)(H,29,32)/b26-10+. The molecule has 0 saturated heterocycles. The van der Waals surface area contributed by atoms with Gasteiger partial charge in [0, 0.05) is 15.6 Å². The summed E-state index contributed by atoms with van der Waals surface area (Å²) in [6.45, 7) is 4.27. The number of oxime groups is 1. The predicted molar refractivity (Wildman–Crippen MR) is 129 cm³/mol. The molecule has 0 radical (unpaired) electrons. The Bertz CT molecular complexity index is 1040. The van der Waals surface area contributed by atoms with E-state index in [1.165, 1.54) is 17.0 Å². The van der Waals surface area contributed by atoms with E-state index in [1.807, 2.05) is 5.48 Å². The van der Waals surface area contributed by atoms with Crippen LogP contribution >= 0.6 is 20.7 Å². The molecule has 1 aromatic rings. The van der Waals surface area contributed by atoms with Crippen LogP contribution in [0.2, 0.25) is 0 Å². The lowest BCUT2D eigenvalue weighted by molar-refractivity contribution is -0.132. The second-order valence-corrected chi connectivity index (χ2v) is 9.14. The summed E-state index contributed by atoms with van der Waals surface area (Å²) >= 11 is -0.632. The van der Waals surface area contributed by atoms with Gasteiger partial charge in [-0.05, 0) is 37.0 Å². The number of anilines is 1. The third-order valence-electron chi connectivity index (χ3n) is 4.03. The number of rotatable bonds is 11. The first-order valence-corrected chi connectivity index (χ1v) is 12.5. The van der Waals surface area contributed by atoms with Gasteiger partial charge in [0.25, 0.3) is 11.8 Å². The highest BCUT2D eigenvalue weighted by molar-refractivity contribution is 14.2. The number of allylic oxidation sites excluding steroid dienone is 2. The predicted octanol–water partition coefficient (Wildman–Crippen LogP) is 2.78. The van der Waals surface area contributed by atoms with Crippen molar-refractivity contribution in [2.75, 3.05) is 18.5 Å². The highest BCUT2D eigenvalue weighted by atomic mass is 127. The number of halogens is 4. The van der Waals surface area contributed by atoms with Gasteiger partial charge in [0.1, 0.15) is 0 Å². The molecule has 0 fully saturated rings. The van der Waals surface area contributed by atoms with Crippen molar-refractivity contribution in [3.63, 3.8) is 0 Å². The lowest BCUT2D eigenvalue weighted by atomic mass is 10.1. The van der Waals surface area contributed by atoms with Gasteiger partial charge in [-0.3, -0.25) is 14.4 Å². The minimum Gasteiger partial charge on any atom is -0.394 e. The number of hydrogen-bond acceptors (Lipinski definition) is 7. The van der Waals surface area contributed by atoms with E-state index < -0.39 is 79.5 Å². The first kappa shape index (κ1) is 27.5. The molecule has 1 aliphatic heterocycles. The average molecular weight is 596 g/mol. The highest BCUT2D eigenvalue weighted by Crippen LogP contribution is 2.29. The van der Waals surface area contributed by atoms with Crippen molar-refractivity contribution in [1.29, 1.82) is 0 Å². The van der Waals surface area contributed by atoms with E-state index in [2.05, 4.69) is 15.8 Å². The molecular formula is C21H24F3IN4O5. The Kier molecular flexibility index (Phi) is 10.7. The van der Waals surface area contributed by atoms with Gasteiger partial charge in [-0.2, -0.15) is 0 Å². The number of carbonyl (C=O) groups is 2. The highest BCUT2D eigenvalue weighted by Gasteiger charge is 2.24. The van der Waals surface area contributed by atoms with Crippen LogP contribution in [0.3, 0.4) is 0 Å². The van der Waals surface area contributed by atoms with E-state index in [4.69, 9.17) is 14.8 Å². The van der Waals surface area contributed by atoms with Crippen LogP contribution in [0.25, 0.3) is 0 Å². The maximum atomic E-state index is 15.0. The van der Waals surface area contributed by atoms with Gasteiger partial charge in [0.05, 0.1) is 36.4 Å². The maximum Gasteiger partial charge on any atom is 0.277 e. The van der Waals surface area contributed by atoms with Crippen LogP contribution in [0.15, 0.2) is 32.9 Å². The van der Waals surface area contributed by atoms with Crippen LogP contribution in [0.4, 0.5) is 18.9 Å². The monoisotopic (exact) mass is 596 g/mol. The van der Waals surface area contributed by atoms with E-state index >= 15 is 0 Å². The fourth-order valence-corrected chi connectivity index (χ4v) is 3.88. The normalized spacial score (nSPS) is 14.2. The molecule has 0 bridgehead atoms. The lowest BCUT2D eigenvalue weighted by Gasteiger charge is -2.16. The summed E-state index contributed by atoms with van der Waals surface area (Å²) in [5, 5.41) is 17.3. The molecule has 34 heavy (non-hydrogen) atoms. The summed E-state index contributed by atoms with van der Waals surface area (Å²) in [5.41, 5.74) is 0.297. The topological polar surface area (TPSA) is 121 Å².